The monoisotopic (exact) mass is 365 g/mol. The first-order valence-corrected chi connectivity index (χ1v) is 9.36. The molecule has 0 radical (unpaired) electrons. The van der Waals surface area contributed by atoms with Crippen molar-refractivity contribution in [1.82, 2.24) is 19.6 Å². The fourth-order valence-corrected chi connectivity index (χ4v) is 3.60. The van der Waals surface area contributed by atoms with Crippen LogP contribution in [0.3, 0.4) is 0 Å². The highest BCUT2D eigenvalue weighted by Crippen LogP contribution is 2.25. The average molecular weight is 365 g/mol. The highest BCUT2D eigenvalue weighted by atomic mass is 32.2. The first-order valence-electron chi connectivity index (χ1n) is 7.88. The second kappa shape index (κ2) is 6.23. The van der Waals surface area contributed by atoms with Gasteiger partial charge in [-0.2, -0.15) is 9.61 Å². The van der Waals surface area contributed by atoms with Gasteiger partial charge in [0.05, 0.1) is 11.9 Å². The minimum absolute atomic E-state index is 0.0788. The molecule has 8 heteroatoms. The number of benzene rings is 1. The van der Waals surface area contributed by atoms with Crippen LogP contribution in [0.15, 0.2) is 72.0 Å². The van der Waals surface area contributed by atoms with E-state index in [1.807, 2.05) is 37.3 Å². The number of aryl methyl sites for hydroxylation is 1. The van der Waals surface area contributed by atoms with Gasteiger partial charge in [0.15, 0.2) is 5.65 Å². The number of nitrogens with one attached hydrogen (secondary N) is 1. The van der Waals surface area contributed by atoms with E-state index in [1.165, 1.54) is 23.0 Å². The molecule has 1 N–H and O–H groups in total. The second-order valence-corrected chi connectivity index (χ2v) is 7.43. The summed E-state index contributed by atoms with van der Waals surface area (Å²) >= 11 is 0. The summed E-state index contributed by atoms with van der Waals surface area (Å²) in [6.07, 6.45) is 4.47. The third kappa shape index (κ3) is 2.91. The van der Waals surface area contributed by atoms with Gasteiger partial charge in [-0.25, -0.2) is 13.4 Å². The summed E-state index contributed by atoms with van der Waals surface area (Å²) in [6, 6.07) is 14.3. The normalized spacial score (nSPS) is 11.6. The molecule has 1 aromatic carbocycles. The molecule has 7 nitrogen and oxygen atoms in total. The van der Waals surface area contributed by atoms with Gasteiger partial charge in [0.1, 0.15) is 10.7 Å². The van der Waals surface area contributed by atoms with Crippen molar-refractivity contribution in [3.05, 3.63) is 72.7 Å². The Morgan fingerprint density at radius 1 is 1.04 bits per heavy atom. The fraction of sp³-hybridized carbons (Fsp3) is 0.0556. The van der Waals surface area contributed by atoms with Gasteiger partial charge >= 0.3 is 0 Å². The van der Waals surface area contributed by atoms with Crippen LogP contribution in [0.2, 0.25) is 0 Å². The number of fused-ring (bicyclic) bond motifs is 1. The quantitative estimate of drug-likeness (QED) is 0.601. The highest BCUT2D eigenvalue weighted by Gasteiger charge is 2.18. The Hall–Kier alpha value is -3.26. The topological polar surface area (TPSA) is 89.2 Å². The Kier molecular flexibility index (Phi) is 3.89. The summed E-state index contributed by atoms with van der Waals surface area (Å²) in [5.74, 6) is 0.311. The van der Waals surface area contributed by atoms with E-state index < -0.39 is 10.0 Å². The van der Waals surface area contributed by atoms with Crippen LogP contribution in [0.4, 0.5) is 5.82 Å². The van der Waals surface area contributed by atoms with E-state index in [2.05, 4.69) is 19.8 Å². The second-order valence-electron chi connectivity index (χ2n) is 5.75. The van der Waals surface area contributed by atoms with E-state index >= 15 is 0 Å². The van der Waals surface area contributed by atoms with Gasteiger partial charge in [-0.15, -0.1) is 0 Å². The van der Waals surface area contributed by atoms with Gasteiger partial charge in [-0.05, 0) is 19.1 Å². The molecule has 0 bridgehead atoms. The highest BCUT2D eigenvalue weighted by molar-refractivity contribution is 7.92. The van der Waals surface area contributed by atoms with Crippen molar-refractivity contribution in [2.45, 2.75) is 11.8 Å². The third-order valence-electron chi connectivity index (χ3n) is 3.90. The molecule has 0 spiro atoms. The Balaban J connectivity index is 1.87. The summed E-state index contributed by atoms with van der Waals surface area (Å²) < 4.78 is 29.5. The van der Waals surface area contributed by atoms with Crippen LogP contribution in [0.25, 0.3) is 16.9 Å². The Bertz CT molecular complexity index is 1170. The lowest BCUT2D eigenvalue weighted by Crippen LogP contribution is -2.16. The molecular formula is C18H15N5O2S. The van der Waals surface area contributed by atoms with Gasteiger partial charge < -0.3 is 0 Å². The lowest BCUT2D eigenvalue weighted by atomic mass is 10.1. The molecule has 3 heterocycles. The SMILES string of the molecule is Cc1cnn2c(NS(=O)(=O)c3cccnc3)cc(-c3ccccc3)nc12. The lowest BCUT2D eigenvalue weighted by molar-refractivity contribution is 0.600. The predicted octanol–water partition coefficient (Wildman–Crippen LogP) is 2.90. The molecule has 4 rings (SSSR count). The molecule has 0 atom stereocenters. The molecule has 26 heavy (non-hydrogen) atoms. The molecule has 0 saturated carbocycles. The molecule has 4 aromatic rings. The standard InChI is InChI=1S/C18H15N5O2S/c1-13-11-20-23-17(22-26(24,25)15-8-5-9-19-12-15)10-16(21-18(13)23)14-6-3-2-4-7-14/h2-12,22H,1H3. The third-order valence-corrected chi connectivity index (χ3v) is 5.24. The van der Waals surface area contributed by atoms with E-state index in [0.29, 0.717) is 17.2 Å². The molecule has 3 aromatic heterocycles. The van der Waals surface area contributed by atoms with Crippen LogP contribution in [0.5, 0.6) is 0 Å². The maximum atomic E-state index is 12.7. The lowest BCUT2D eigenvalue weighted by Gasteiger charge is -2.11. The molecule has 0 aliphatic heterocycles. The molecule has 130 valence electrons. The molecule has 0 aliphatic rings. The van der Waals surface area contributed by atoms with Crippen molar-refractivity contribution in [2.75, 3.05) is 4.72 Å². The summed E-state index contributed by atoms with van der Waals surface area (Å²) in [5, 5.41) is 4.24. The van der Waals surface area contributed by atoms with Crippen LogP contribution in [-0.4, -0.2) is 28.0 Å². The number of pyridine rings is 1. The smallest absolute Gasteiger partial charge is 0.263 e. The van der Waals surface area contributed by atoms with E-state index in [1.54, 1.807) is 18.3 Å². The van der Waals surface area contributed by atoms with Gasteiger partial charge in [-0.3, -0.25) is 9.71 Å². The van der Waals surface area contributed by atoms with Crippen molar-refractivity contribution >= 4 is 21.5 Å². The molecular weight excluding hydrogens is 350 g/mol. The van der Waals surface area contributed by atoms with Crippen LogP contribution in [0, 0.1) is 6.92 Å². The number of aromatic nitrogens is 4. The maximum Gasteiger partial charge on any atom is 0.264 e. The van der Waals surface area contributed by atoms with Gasteiger partial charge in [0.25, 0.3) is 10.0 Å². The van der Waals surface area contributed by atoms with Crippen LogP contribution in [-0.2, 0) is 10.0 Å². The molecule has 0 saturated heterocycles. The number of rotatable bonds is 4. The number of anilines is 1. The first-order chi connectivity index (χ1) is 12.5. The Labute approximate surface area is 150 Å². The van der Waals surface area contributed by atoms with Gasteiger partial charge in [0, 0.05) is 29.6 Å². The number of nitrogens with zero attached hydrogens (tertiary/aromatic N) is 4. The van der Waals surface area contributed by atoms with E-state index in [9.17, 15) is 8.42 Å². The summed E-state index contributed by atoms with van der Waals surface area (Å²) in [7, 11) is -3.80. The average Bonchev–Trinajstić information content (AvgIpc) is 3.04. The fourth-order valence-electron chi connectivity index (χ4n) is 2.60. The van der Waals surface area contributed by atoms with E-state index in [4.69, 9.17) is 0 Å². The zero-order valence-corrected chi connectivity index (χ0v) is 14.7. The minimum Gasteiger partial charge on any atom is -0.263 e. The number of hydrogen-bond acceptors (Lipinski definition) is 5. The van der Waals surface area contributed by atoms with E-state index in [-0.39, 0.29) is 4.90 Å². The summed E-state index contributed by atoms with van der Waals surface area (Å²) in [5.41, 5.74) is 2.99. The van der Waals surface area contributed by atoms with Crippen LogP contribution < -0.4 is 4.72 Å². The zero-order chi connectivity index (χ0) is 18.1. The van der Waals surface area contributed by atoms with Crippen LogP contribution in [0.1, 0.15) is 5.56 Å². The predicted molar refractivity (Wildman–Crippen MR) is 98.2 cm³/mol. The minimum atomic E-state index is -3.80. The largest absolute Gasteiger partial charge is 0.264 e. The Morgan fingerprint density at radius 3 is 2.58 bits per heavy atom. The Morgan fingerprint density at radius 2 is 1.85 bits per heavy atom. The molecule has 0 amide bonds. The van der Waals surface area contributed by atoms with Crippen molar-refractivity contribution < 1.29 is 8.42 Å². The molecule has 0 aliphatic carbocycles. The van der Waals surface area contributed by atoms with Crippen molar-refractivity contribution in [2.24, 2.45) is 0 Å². The maximum absolute atomic E-state index is 12.7. The zero-order valence-electron chi connectivity index (χ0n) is 13.9. The molecule has 0 fully saturated rings. The van der Waals surface area contributed by atoms with Crippen LogP contribution >= 0.6 is 0 Å². The van der Waals surface area contributed by atoms with Crippen molar-refractivity contribution in [3.8, 4) is 11.3 Å². The first kappa shape index (κ1) is 16.2. The summed E-state index contributed by atoms with van der Waals surface area (Å²) in [6.45, 7) is 1.88. The van der Waals surface area contributed by atoms with Gasteiger partial charge in [-0.1, -0.05) is 30.3 Å². The summed E-state index contributed by atoms with van der Waals surface area (Å²) in [4.78, 5) is 8.57. The van der Waals surface area contributed by atoms with Gasteiger partial charge in [0.2, 0.25) is 0 Å². The van der Waals surface area contributed by atoms with Crippen molar-refractivity contribution in [3.63, 3.8) is 0 Å². The van der Waals surface area contributed by atoms with Crippen molar-refractivity contribution in [1.29, 1.82) is 0 Å². The number of sulfonamides is 1. The van der Waals surface area contributed by atoms with E-state index in [0.717, 1.165) is 11.1 Å². The number of hydrogen-bond donors (Lipinski definition) is 1. The molecule has 0 unspecified atom stereocenters.